The number of likely N-dealkylation sites (tertiary alicyclic amines) is 2. The van der Waals surface area contributed by atoms with Gasteiger partial charge in [0.2, 0.25) is 11.8 Å². The summed E-state index contributed by atoms with van der Waals surface area (Å²) in [5.41, 5.74) is 0. The van der Waals surface area contributed by atoms with Crippen molar-refractivity contribution in [3.05, 3.63) is 12.2 Å². The van der Waals surface area contributed by atoms with Crippen LogP contribution in [0.15, 0.2) is 17.1 Å². The van der Waals surface area contributed by atoms with Crippen molar-refractivity contribution in [2.75, 3.05) is 39.8 Å². The minimum absolute atomic E-state index is 0. The van der Waals surface area contributed by atoms with Crippen LogP contribution in [0.5, 0.6) is 0 Å². The zero-order valence-corrected chi connectivity index (χ0v) is 19.8. The lowest BCUT2D eigenvalue weighted by Crippen LogP contribution is -2.47. The molecule has 4 rings (SSSR count). The molecule has 2 heterocycles. The number of hydrogen-bond donors (Lipinski definition) is 2. The third-order valence-corrected chi connectivity index (χ3v) is 7.05. The predicted molar refractivity (Wildman–Crippen MR) is 124 cm³/mol. The first-order chi connectivity index (χ1) is 13.6. The molecular weight excluding hydrogens is 481 g/mol. The topological polar surface area (TPSA) is 77.0 Å². The number of imide groups is 1. The number of fused-ring (bicyclic) bond motifs is 5. The maximum atomic E-state index is 12.7. The van der Waals surface area contributed by atoms with Crippen LogP contribution in [0.4, 0.5) is 0 Å². The first kappa shape index (κ1) is 22.5. The smallest absolute Gasteiger partial charge is 0.233 e. The van der Waals surface area contributed by atoms with E-state index in [-0.39, 0.29) is 59.5 Å². The Hall–Kier alpha value is -1.16. The molecule has 5 unspecified atom stereocenters. The van der Waals surface area contributed by atoms with Crippen LogP contribution in [-0.2, 0) is 9.59 Å². The lowest BCUT2D eigenvalue weighted by Gasteiger charge is -2.33. The Morgan fingerprint density at radius 2 is 1.69 bits per heavy atom. The van der Waals surface area contributed by atoms with Gasteiger partial charge in [0, 0.05) is 39.3 Å². The molecule has 4 aliphatic rings. The van der Waals surface area contributed by atoms with E-state index < -0.39 is 0 Å². The monoisotopic (exact) mass is 515 g/mol. The normalized spacial score (nSPS) is 33.8. The molecule has 5 atom stereocenters. The Morgan fingerprint density at radius 1 is 1.07 bits per heavy atom. The molecule has 3 fully saturated rings. The van der Waals surface area contributed by atoms with Crippen LogP contribution in [0.25, 0.3) is 0 Å². The van der Waals surface area contributed by atoms with Crippen molar-refractivity contribution in [1.29, 1.82) is 0 Å². The van der Waals surface area contributed by atoms with E-state index in [1.165, 1.54) is 30.7 Å². The molecule has 29 heavy (non-hydrogen) atoms. The number of guanidine groups is 1. The first-order valence-electron chi connectivity index (χ1n) is 10.8. The van der Waals surface area contributed by atoms with E-state index in [2.05, 4.69) is 39.6 Å². The third kappa shape index (κ3) is 4.47. The van der Waals surface area contributed by atoms with Crippen LogP contribution in [0, 0.1) is 23.7 Å². The lowest BCUT2D eigenvalue weighted by molar-refractivity contribution is -0.140. The van der Waals surface area contributed by atoms with Gasteiger partial charge in [-0.25, -0.2) is 0 Å². The molecule has 8 heteroatoms. The van der Waals surface area contributed by atoms with Gasteiger partial charge in [0.25, 0.3) is 0 Å². The molecule has 2 saturated heterocycles. The number of nitrogens with zero attached hydrogens (tertiary/aromatic N) is 3. The Morgan fingerprint density at radius 3 is 2.28 bits per heavy atom. The van der Waals surface area contributed by atoms with E-state index in [0.717, 1.165) is 25.5 Å². The Kier molecular flexibility index (Phi) is 7.58. The number of halogens is 1. The zero-order valence-electron chi connectivity index (χ0n) is 17.5. The van der Waals surface area contributed by atoms with Crippen LogP contribution < -0.4 is 10.6 Å². The molecule has 2 aliphatic heterocycles. The molecule has 2 aliphatic carbocycles. The highest BCUT2D eigenvalue weighted by Gasteiger charge is 2.58. The van der Waals surface area contributed by atoms with E-state index in [0.29, 0.717) is 19.1 Å². The van der Waals surface area contributed by atoms with E-state index in [9.17, 15) is 9.59 Å². The summed E-state index contributed by atoms with van der Waals surface area (Å²) in [5, 5.41) is 6.60. The van der Waals surface area contributed by atoms with Crippen LogP contribution in [0.3, 0.4) is 0 Å². The number of nitrogens with one attached hydrogen (secondary N) is 2. The number of amides is 2. The van der Waals surface area contributed by atoms with Gasteiger partial charge >= 0.3 is 0 Å². The van der Waals surface area contributed by atoms with Crippen LogP contribution >= 0.6 is 24.0 Å². The number of carbonyl (C=O) groups excluding carboxylic acids is 2. The highest BCUT2D eigenvalue weighted by atomic mass is 127. The number of hydrogen-bond acceptors (Lipinski definition) is 4. The summed E-state index contributed by atoms with van der Waals surface area (Å²) in [4.78, 5) is 33.7. The SMILES string of the molecule is CN=C(NCCN1C(=O)C2C3C=CC(C3)C2C1=O)NCCN1CCCCC1C.I. The fourth-order valence-electron chi connectivity index (χ4n) is 5.50. The number of piperidine rings is 1. The molecule has 0 aromatic carbocycles. The van der Waals surface area contributed by atoms with Crippen LogP contribution in [0.1, 0.15) is 32.6 Å². The van der Waals surface area contributed by atoms with E-state index in [4.69, 9.17) is 0 Å². The summed E-state index contributed by atoms with van der Waals surface area (Å²) >= 11 is 0. The molecule has 7 nitrogen and oxygen atoms in total. The predicted octanol–water partition coefficient (Wildman–Crippen LogP) is 1.45. The summed E-state index contributed by atoms with van der Waals surface area (Å²) in [6.07, 6.45) is 9.15. The van der Waals surface area contributed by atoms with Gasteiger partial charge < -0.3 is 10.6 Å². The third-order valence-electron chi connectivity index (χ3n) is 7.05. The second kappa shape index (κ2) is 9.76. The van der Waals surface area contributed by atoms with Crippen molar-refractivity contribution < 1.29 is 9.59 Å². The van der Waals surface area contributed by atoms with Crippen LogP contribution in [0.2, 0.25) is 0 Å². The van der Waals surface area contributed by atoms with Gasteiger partial charge in [-0.2, -0.15) is 0 Å². The summed E-state index contributed by atoms with van der Waals surface area (Å²) in [5.74, 6) is 1.11. The van der Waals surface area contributed by atoms with Crippen molar-refractivity contribution >= 4 is 41.8 Å². The van der Waals surface area contributed by atoms with Crippen molar-refractivity contribution in [1.82, 2.24) is 20.4 Å². The standard InChI is InChI=1S/C21H33N5O2.HI/c1-14-5-3-4-10-25(14)11-8-23-21(22-2)24-9-12-26-19(27)17-15-6-7-16(13-15)18(17)20(26)28;/h6-7,14-18H,3-5,8-13H2,1-2H3,(H2,22,23,24);1H. The first-order valence-corrected chi connectivity index (χ1v) is 10.8. The highest BCUT2D eigenvalue weighted by molar-refractivity contribution is 14.0. The van der Waals surface area contributed by atoms with Gasteiger partial charge in [-0.05, 0) is 44.6 Å². The Bertz CT molecular complexity index is 652. The molecule has 0 aromatic rings. The summed E-state index contributed by atoms with van der Waals surface area (Å²) < 4.78 is 0. The van der Waals surface area contributed by atoms with Crippen molar-refractivity contribution in [3.63, 3.8) is 0 Å². The van der Waals surface area contributed by atoms with E-state index in [1.54, 1.807) is 7.05 Å². The minimum atomic E-state index is -0.105. The second-order valence-electron chi connectivity index (χ2n) is 8.63. The largest absolute Gasteiger partial charge is 0.355 e. The Labute approximate surface area is 190 Å². The molecule has 0 aromatic heterocycles. The minimum Gasteiger partial charge on any atom is -0.355 e. The van der Waals surface area contributed by atoms with E-state index >= 15 is 0 Å². The van der Waals surface area contributed by atoms with Crippen molar-refractivity contribution in [3.8, 4) is 0 Å². The number of allylic oxidation sites excluding steroid dienone is 2. The molecule has 2 amide bonds. The van der Waals surface area contributed by atoms with Gasteiger partial charge in [-0.3, -0.25) is 24.4 Å². The fourth-order valence-corrected chi connectivity index (χ4v) is 5.50. The maximum Gasteiger partial charge on any atom is 0.233 e. The van der Waals surface area contributed by atoms with Gasteiger partial charge in [0.05, 0.1) is 11.8 Å². The summed E-state index contributed by atoms with van der Waals surface area (Å²) in [7, 11) is 1.75. The van der Waals surface area contributed by atoms with Gasteiger partial charge in [0.15, 0.2) is 5.96 Å². The average molecular weight is 515 g/mol. The molecular formula is C21H34IN5O2. The fraction of sp³-hybridized carbons (Fsp3) is 0.762. The number of rotatable bonds is 6. The maximum absolute atomic E-state index is 12.7. The molecule has 0 spiro atoms. The summed E-state index contributed by atoms with van der Waals surface area (Å²) in [6, 6.07) is 0.655. The van der Waals surface area contributed by atoms with Crippen molar-refractivity contribution in [2.24, 2.45) is 28.7 Å². The van der Waals surface area contributed by atoms with Crippen molar-refractivity contribution in [2.45, 2.75) is 38.6 Å². The van der Waals surface area contributed by atoms with Gasteiger partial charge in [-0.15, -0.1) is 24.0 Å². The molecule has 2 N–H and O–H groups in total. The summed E-state index contributed by atoms with van der Waals surface area (Å²) in [6.45, 7) is 6.25. The van der Waals surface area contributed by atoms with Gasteiger partial charge in [0.1, 0.15) is 0 Å². The van der Waals surface area contributed by atoms with E-state index in [1.807, 2.05) is 0 Å². The molecule has 0 radical (unpaired) electrons. The van der Waals surface area contributed by atoms with Gasteiger partial charge in [-0.1, -0.05) is 18.6 Å². The molecule has 162 valence electrons. The number of carbonyl (C=O) groups is 2. The molecule has 1 saturated carbocycles. The average Bonchev–Trinajstić information content (AvgIpc) is 3.37. The Balaban J connectivity index is 0.00000240. The number of aliphatic imine (C=N–C) groups is 1. The highest BCUT2D eigenvalue weighted by Crippen LogP contribution is 2.52. The quantitative estimate of drug-likeness (QED) is 0.184. The van der Waals surface area contributed by atoms with Crippen LogP contribution in [-0.4, -0.2) is 73.4 Å². The molecule has 2 bridgehead atoms. The lowest BCUT2D eigenvalue weighted by atomic mass is 9.85. The zero-order chi connectivity index (χ0) is 19.7. The second-order valence-corrected chi connectivity index (χ2v) is 8.63.